The van der Waals surface area contributed by atoms with Crippen LogP contribution in [0, 0.1) is 9.49 Å². The van der Waals surface area contributed by atoms with Crippen molar-refractivity contribution in [1.29, 1.82) is 0 Å². The Morgan fingerprint density at radius 1 is 1.44 bits per heavy atom. The first-order valence-electron chi connectivity index (χ1n) is 6.72. The highest BCUT2D eigenvalue weighted by Crippen LogP contribution is 2.35. The second-order valence-corrected chi connectivity index (χ2v) is 6.46. The van der Waals surface area contributed by atoms with Crippen molar-refractivity contribution in [3.63, 3.8) is 0 Å². The maximum absolute atomic E-state index is 11.2. The summed E-state index contributed by atoms with van der Waals surface area (Å²) in [6.45, 7) is 2.24. The van der Waals surface area contributed by atoms with Crippen molar-refractivity contribution in [3.8, 4) is 0 Å². The Hall–Kier alpha value is -0.520. The van der Waals surface area contributed by atoms with Gasteiger partial charge in [-0.3, -0.25) is 0 Å². The molecule has 4 heteroatoms. The number of hydrogen-bond acceptors (Lipinski definition) is 1. The highest BCUT2D eigenvalue weighted by Gasteiger charge is 2.24. The van der Waals surface area contributed by atoms with Gasteiger partial charge in [-0.25, -0.2) is 4.79 Å². The summed E-state index contributed by atoms with van der Waals surface area (Å²) < 4.78 is 2.99. The average molecular weight is 361 g/mol. The van der Waals surface area contributed by atoms with Crippen LogP contribution in [0.3, 0.4) is 0 Å². The largest absolute Gasteiger partial charge is 0.477 e. The van der Waals surface area contributed by atoms with Gasteiger partial charge in [-0.15, -0.1) is 0 Å². The lowest BCUT2D eigenvalue weighted by Crippen LogP contribution is -2.20. The van der Waals surface area contributed by atoms with E-state index in [4.69, 9.17) is 0 Å². The first-order chi connectivity index (χ1) is 8.61. The van der Waals surface area contributed by atoms with E-state index in [0.29, 0.717) is 11.7 Å². The molecule has 1 aliphatic carbocycles. The van der Waals surface area contributed by atoms with Gasteiger partial charge in [0.05, 0.1) is 0 Å². The molecule has 0 unspecified atom stereocenters. The van der Waals surface area contributed by atoms with Crippen LogP contribution in [0.25, 0.3) is 0 Å². The molecule has 0 spiro atoms. The van der Waals surface area contributed by atoms with Crippen LogP contribution < -0.4 is 0 Å². The van der Waals surface area contributed by atoms with Crippen LogP contribution in [0.2, 0.25) is 0 Å². The molecular weight excluding hydrogens is 341 g/mol. The molecule has 1 N–H and O–H groups in total. The molecule has 0 atom stereocenters. The van der Waals surface area contributed by atoms with Crippen molar-refractivity contribution >= 4 is 28.6 Å². The predicted molar refractivity (Wildman–Crippen MR) is 80.0 cm³/mol. The summed E-state index contributed by atoms with van der Waals surface area (Å²) in [5.74, 6) is 0.0442. The molecule has 1 heterocycles. The topological polar surface area (TPSA) is 42.2 Å². The summed E-state index contributed by atoms with van der Waals surface area (Å²) in [4.78, 5) is 11.2. The summed E-state index contributed by atoms with van der Waals surface area (Å²) in [6.07, 6.45) is 9.29. The number of nitrogens with zero attached hydrogens (tertiary/aromatic N) is 1. The maximum atomic E-state index is 11.2. The Kier molecular flexibility index (Phi) is 4.70. The smallest absolute Gasteiger partial charge is 0.352 e. The van der Waals surface area contributed by atoms with Crippen molar-refractivity contribution in [1.82, 2.24) is 4.57 Å². The number of carboxylic acids is 1. The zero-order valence-corrected chi connectivity index (χ0v) is 12.9. The van der Waals surface area contributed by atoms with Crippen LogP contribution in [0.4, 0.5) is 0 Å². The Morgan fingerprint density at radius 2 is 2.11 bits per heavy atom. The van der Waals surface area contributed by atoms with Gasteiger partial charge in [-0.1, -0.05) is 19.8 Å². The number of carboxylic acid groups (broad SMARTS) is 1. The second-order valence-electron chi connectivity index (χ2n) is 5.22. The van der Waals surface area contributed by atoms with Crippen LogP contribution in [-0.4, -0.2) is 15.6 Å². The Morgan fingerprint density at radius 3 is 2.67 bits per heavy atom. The van der Waals surface area contributed by atoms with Crippen molar-refractivity contribution in [2.45, 2.75) is 51.5 Å². The summed E-state index contributed by atoms with van der Waals surface area (Å²) in [7, 11) is 0. The highest BCUT2D eigenvalue weighted by atomic mass is 127. The molecule has 0 saturated heterocycles. The lowest BCUT2D eigenvalue weighted by atomic mass is 9.83. The number of aromatic carboxylic acids is 1. The number of rotatable bonds is 4. The molecule has 1 aliphatic rings. The molecular formula is C14H20INO2. The van der Waals surface area contributed by atoms with Gasteiger partial charge in [-0.2, -0.15) is 0 Å². The van der Waals surface area contributed by atoms with E-state index >= 15 is 0 Å². The van der Waals surface area contributed by atoms with E-state index in [1.54, 1.807) is 6.07 Å². The number of hydrogen-bond donors (Lipinski definition) is 1. The zero-order valence-electron chi connectivity index (χ0n) is 10.7. The molecule has 3 nitrogen and oxygen atoms in total. The third kappa shape index (κ3) is 3.08. The van der Waals surface area contributed by atoms with Gasteiger partial charge in [-0.05, 0) is 60.3 Å². The van der Waals surface area contributed by atoms with Crippen LogP contribution in [-0.2, 0) is 0 Å². The summed E-state index contributed by atoms with van der Waals surface area (Å²) in [5, 5.41) is 9.22. The minimum Gasteiger partial charge on any atom is -0.477 e. The van der Waals surface area contributed by atoms with E-state index in [1.165, 1.54) is 25.7 Å². The third-order valence-corrected chi connectivity index (χ3v) is 4.53. The summed E-state index contributed by atoms with van der Waals surface area (Å²) in [6, 6.07) is 2.15. The molecule has 0 bridgehead atoms. The minimum atomic E-state index is -0.811. The first-order valence-corrected chi connectivity index (χ1v) is 7.80. The molecule has 0 amide bonds. The molecule has 1 saturated carbocycles. The monoisotopic (exact) mass is 361 g/mol. The third-order valence-electron chi connectivity index (χ3n) is 3.94. The SMILES string of the molecule is CCCC1CCC(n2cc(I)cc2C(=O)O)CC1. The molecule has 2 rings (SSSR count). The fraction of sp³-hybridized carbons (Fsp3) is 0.643. The van der Waals surface area contributed by atoms with Gasteiger partial charge in [0.2, 0.25) is 0 Å². The van der Waals surface area contributed by atoms with Gasteiger partial charge in [0.15, 0.2) is 0 Å². The van der Waals surface area contributed by atoms with Crippen molar-refractivity contribution in [2.24, 2.45) is 5.92 Å². The van der Waals surface area contributed by atoms with E-state index in [2.05, 4.69) is 29.5 Å². The van der Waals surface area contributed by atoms with Gasteiger partial charge < -0.3 is 9.67 Å². The normalized spacial score (nSPS) is 24.1. The van der Waals surface area contributed by atoms with E-state index in [9.17, 15) is 9.90 Å². The quantitative estimate of drug-likeness (QED) is 0.812. The van der Waals surface area contributed by atoms with Gasteiger partial charge in [0.1, 0.15) is 5.69 Å². The van der Waals surface area contributed by atoms with Gasteiger partial charge in [0.25, 0.3) is 0 Å². The average Bonchev–Trinajstić information content (AvgIpc) is 2.73. The predicted octanol–water partition coefficient (Wildman–Crippen LogP) is 4.32. The Labute approximate surface area is 122 Å². The van der Waals surface area contributed by atoms with Crippen LogP contribution in [0.15, 0.2) is 12.3 Å². The van der Waals surface area contributed by atoms with Crippen LogP contribution in [0.5, 0.6) is 0 Å². The standard InChI is InChI=1S/C14H20INO2/c1-2-3-10-4-6-12(7-5-10)16-9-11(15)8-13(16)14(17)18/h8-10,12H,2-7H2,1H3,(H,17,18). The molecule has 0 radical (unpaired) electrons. The lowest BCUT2D eigenvalue weighted by Gasteiger charge is -2.30. The minimum absolute atomic E-state index is 0.382. The molecule has 1 fully saturated rings. The molecule has 0 aliphatic heterocycles. The number of aromatic nitrogens is 1. The van der Waals surface area contributed by atoms with E-state index in [1.807, 2.05) is 10.8 Å². The van der Waals surface area contributed by atoms with Crippen molar-refractivity contribution in [2.75, 3.05) is 0 Å². The molecule has 18 heavy (non-hydrogen) atoms. The van der Waals surface area contributed by atoms with Crippen LogP contribution >= 0.6 is 22.6 Å². The second kappa shape index (κ2) is 6.08. The molecule has 1 aromatic heterocycles. The number of carbonyl (C=O) groups is 1. The van der Waals surface area contributed by atoms with E-state index in [-0.39, 0.29) is 0 Å². The fourth-order valence-corrected chi connectivity index (χ4v) is 3.63. The van der Waals surface area contributed by atoms with Crippen molar-refractivity contribution < 1.29 is 9.90 Å². The molecule has 100 valence electrons. The summed E-state index contributed by atoms with van der Waals surface area (Å²) in [5.41, 5.74) is 0.443. The van der Waals surface area contributed by atoms with Crippen molar-refractivity contribution in [3.05, 3.63) is 21.5 Å². The van der Waals surface area contributed by atoms with Gasteiger partial charge >= 0.3 is 5.97 Å². The Bertz CT molecular complexity index is 419. The zero-order chi connectivity index (χ0) is 13.1. The number of halogens is 1. The van der Waals surface area contributed by atoms with Crippen LogP contribution in [0.1, 0.15) is 62.0 Å². The molecule has 1 aromatic rings. The fourth-order valence-electron chi connectivity index (χ4n) is 3.04. The van der Waals surface area contributed by atoms with Gasteiger partial charge in [0, 0.05) is 15.8 Å². The first kappa shape index (κ1) is 13.9. The lowest BCUT2D eigenvalue weighted by molar-refractivity contribution is 0.0680. The van der Waals surface area contributed by atoms with E-state index in [0.717, 1.165) is 22.3 Å². The Balaban J connectivity index is 2.07. The molecule has 0 aromatic carbocycles. The highest BCUT2D eigenvalue weighted by molar-refractivity contribution is 14.1. The maximum Gasteiger partial charge on any atom is 0.352 e. The van der Waals surface area contributed by atoms with E-state index < -0.39 is 5.97 Å². The summed E-state index contributed by atoms with van der Waals surface area (Å²) >= 11 is 2.19.